The van der Waals surface area contributed by atoms with Gasteiger partial charge >= 0.3 is 0 Å². The predicted molar refractivity (Wildman–Crippen MR) is 101 cm³/mol. The summed E-state index contributed by atoms with van der Waals surface area (Å²) in [7, 11) is 1.85. The van der Waals surface area contributed by atoms with Gasteiger partial charge in [-0.1, -0.05) is 77.9 Å². The first-order valence-electron chi connectivity index (χ1n) is 10.1. The predicted octanol–water partition coefficient (Wildman–Crippen LogP) is 6.77. The van der Waals surface area contributed by atoms with Crippen LogP contribution in [0.5, 0.6) is 0 Å². The van der Waals surface area contributed by atoms with Gasteiger partial charge in [-0.05, 0) is 48.3 Å². The molecule has 1 nitrogen and oxygen atoms in total. The van der Waals surface area contributed by atoms with Crippen LogP contribution in [0.2, 0.25) is 0 Å². The van der Waals surface area contributed by atoms with E-state index in [1.807, 2.05) is 7.11 Å². The van der Waals surface area contributed by atoms with Crippen LogP contribution in [0.25, 0.3) is 0 Å². The highest BCUT2D eigenvalue weighted by Crippen LogP contribution is 2.45. The fourth-order valence-electron chi connectivity index (χ4n) is 5.20. The Kier molecular flexibility index (Phi) is 7.19. The zero-order chi connectivity index (χ0) is 16.8. The summed E-state index contributed by atoms with van der Waals surface area (Å²) in [6, 6.07) is 0. The van der Waals surface area contributed by atoms with Crippen molar-refractivity contribution in [2.75, 3.05) is 13.7 Å². The maximum atomic E-state index is 5.51. The van der Waals surface area contributed by atoms with Crippen molar-refractivity contribution in [1.82, 2.24) is 0 Å². The third kappa shape index (κ3) is 5.62. The summed E-state index contributed by atoms with van der Waals surface area (Å²) in [5.41, 5.74) is 0.828. The van der Waals surface area contributed by atoms with Crippen molar-refractivity contribution in [3.8, 4) is 0 Å². The Morgan fingerprint density at radius 3 is 2.30 bits per heavy atom. The van der Waals surface area contributed by atoms with Gasteiger partial charge in [0.05, 0.1) is 6.61 Å². The van der Waals surface area contributed by atoms with E-state index in [4.69, 9.17) is 4.74 Å². The van der Waals surface area contributed by atoms with Gasteiger partial charge < -0.3 is 4.74 Å². The zero-order valence-corrected chi connectivity index (χ0v) is 16.2. The minimum absolute atomic E-state index is 0.333. The summed E-state index contributed by atoms with van der Waals surface area (Å²) < 4.78 is 5.51. The SMILES string of the molecule is COCC1(C)CC=CCC(C2CCCCC2)C(C)(C)CCCC1. The minimum atomic E-state index is 0.333. The molecule has 0 aromatic carbocycles. The van der Waals surface area contributed by atoms with E-state index in [1.54, 1.807) is 0 Å². The summed E-state index contributed by atoms with van der Waals surface area (Å²) in [6.45, 7) is 8.40. The Hall–Kier alpha value is -0.300. The molecule has 0 aromatic rings. The topological polar surface area (TPSA) is 9.23 Å². The van der Waals surface area contributed by atoms with Crippen molar-refractivity contribution in [3.63, 3.8) is 0 Å². The summed E-state index contributed by atoms with van der Waals surface area (Å²) in [5, 5.41) is 0. The quantitative estimate of drug-likeness (QED) is 0.521. The molecule has 23 heavy (non-hydrogen) atoms. The highest BCUT2D eigenvalue weighted by Gasteiger charge is 2.35. The number of ether oxygens (including phenoxy) is 1. The lowest BCUT2D eigenvalue weighted by Crippen LogP contribution is -2.31. The Bertz CT molecular complexity index is 364. The van der Waals surface area contributed by atoms with E-state index in [9.17, 15) is 0 Å². The molecule has 0 spiro atoms. The van der Waals surface area contributed by atoms with Crippen LogP contribution in [-0.4, -0.2) is 13.7 Å². The first-order chi connectivity index (χ1) is 11.0. The molecule has 1 saturated carbocycles. The summed E-state index contributed by atoms with van der Waals surface area (Å²) >= 11 is 0. The van der Waals surface area contributed by atoms with Crippen LogP contribution in [0.4, 0.5) is 0 Å². The van der Waals surface area contributed by atoms with Gasteiger partial charge in [-0.2, -0.15) is 0 Å². The zero-order valence-electron chi connectivity index (χ0n) is 16.2. The number of hydrogen-bond acceptors (Lipinski definition) is 1. The average molecular weight is 321 g/mol. The smallest absolute Gasteiger partial charge is 0.0518 e. The maximum absolute atomic E-state index is 5.51. The summed E-state index contributed by atoms with van der Waals surface area (Å²) in [6.07, 6.45) is 20.2. The summed E-state index contributed by atoms with van der Waals surface area (Å²) in [4.78, 5) is 0. The van der Waals surface area contributed by atoms with Gasteiger partial charge in [-0.25, -0.2) is 0 Å². The molecule has 2 aliphatic rings. The molecule has 0 amide bonds. The van der Waals surface area contributed by atoms with Crippen LogP contribution in [0, 0.1) is 22.7 Å². The fourth-order valence-corrected chi connectivity index (χ4v) is 5.20. The molecule has 2 atom stereocenters. The van der Waals surface area contributed by atoms with Crippen molar-refractivity contribution < 1.29 is 4.74 Å². The van der Waals surface area contributed by atoms with Gasteiger partial charge in [0.15, 0.2) is 0 Å². The molecule has 0 bridgehead atoms. The van der Waals surface area contributed by atoms with Gasteiger partial charge in [0.25, 0.3) is 0 Å². The largest absolute Gasteiger partial charge is 0.384 e. The van der Waals surface area contributed by atoms with Gasteiger partial charge in [0.1, 0.15) is 0 Å². The average Bonchev–Trinajstić information content (AvgIpc) is 2.54. The van der Waals surface area contributed by atoms with Crippen molar-refractivity contribution in [3.05, 3.63) is 12.2 Å². The van der Waals surface area contributed by atoms with Crippen LogP contribution in [0.3, 0.4) is 0 Å². The second kappa shape index (κ2) is 8.70. The molecule has 2 unspecified atom stereocenters. The summed E-state index contributed by atoms with van der Waals surface area (Å²) in [5.74, 6) is 1.85. The van der Waals surface area contributed by atoms with Crippen molar-refractivity contribution in [2.24, 2.45) is 22.7 Å². The molecule has 134 valence electrons. The van der Waals surface area contributed by atoms with Crippen LogP contribution in [-0.2, 0) is 4.74 Å². The maximum Gasteiger partial charge on any atom is 0.0518 e. The Morgan fingerprint density at radius 1 is 0.913 bits per heavy atom. The Labute approximate surface area is 145 Å². The van der Waals surface area contributed by atoms with E-state index in [0.717, 1.165) is 18.4 Å². The minimum Gasteiger partial charge on any atom is -0.384 e. The number of methoxy groups -OCH3 is 1. The van der Waals surface area contributed by atoms with E-state index in [0.29, 0.717) is 10.8 Å². The normalized spacial score (nSPS) is 34.0. The molecule has 0 saturated heterocycles. The first-order valence-corrected chi connectivity index (χ1v) is 10.1. The van der Waals surface area contributed by atoms with Crippen molar-refractivity contribution in [1.29, 1.82) is 0 Å². The lowest BCUT2D eigenvalue weighted by molar-refractivity contribution is 0.0806. The molecule has 0 aliphatic heterocycles. The number of rotatable bonds is 3. The molecule has 2 rings (SSSR count). The molecular formula is C22H40O. The lowest BCUT2D eigenvalue weighted by Gasteiger charge is -2.41. The van der Waals surface area contributed by atoms with Crippen LogP contribution >= 0.6 is 0 Å². The van der Waals surface area contributed by atoms with E-state index in [2.05, 4.69) is 32.9 Å². The fraction of sp³-hybridized carbons (Fsp3) is 0.909. The van der Waals surface area contributed by atoms with E-state index >= 15 is 0 Å². The van der Waals surface area contributed by atoms with Gasteiger partial charge in [-0.3, -0.25) is 0 Å². The van der Waals surface area contributed by atoms with E-state index < -0.39 is 0 Å². The molecule has 0 N–H and O–H groups in total. The molecular weight excluding hydrogens is 280 g/mol. The number of hydrogen-bond donors (Lipinski definition) is 0. The monoisotopic (exact) mass is 320 g/mol. The third-order valence-corrected chi connectivity index (χ3v) is 6.73. The van der Waals surface area contributed by atoms with Gasteiger partial charge in [0, 0.05) is 7.11 Å². The number of allylic oxidation sites excluding steroid dienone is 2. The van der Waals surface area contributed by atoms with Crippen LogP contribution in [0.1, 0.15) is 91.4 Å². The van der Waals surface area contributed by atoms with Crippen molar-refractivity contribution >= 4 is 0 Å². The first kappa shape index (κ1) is 19.0. The molecule has 0 radical (unpaired) electrons. The third-order valence-electron chi connectivity index (χ3n) is 6.73. The molecule has 1 fully saturated rings. The molecule has 0 heterocycles. The lowest BCUT2D eigenvalue weighted by atomic mass is 9.64. The van der Waals surface area contributed by atoms with Crippen molar-refractivity contribution in [2.45, 2.75) is 91.4 Å². The van der Waals surface area contributed by atoms with E-state index in [-0.39, 0.29) is 0 Å². The second-order valence-electron chi connectivity index (χ2n) is 9.36. The Morgan fingerprint density at radius 2 is 1.61 bits per heavy atom. The Balaban J connectivity index is 2.08. The van der Waals surface area contributed by atoms with Crippen LogP contribution in [0.15, 0.2) is 12.2 Å². The van der Waals surface area contributed by atoms with Gasteiger partial charge in [0.2, 0.25) is 0 Å². The molecule has 2 aliphatic carbocycles. The molecule has 0 aromatic heterocycles. The second-order valence-corrected chi connectivity index (χ2v) is 9.36. The highest BCUT2D eigenvalue weighted by molar-refractivity contribution is 4.96. The van der Waals surface area contributed by atoms with Crippen LogP contribution < -0.4 is 0 Å². The standard InChI is InChI=1S/C22H40O/c1-21(2)15-10-11-17-22(3,18-23-4)16-9-8-14-20(21)19-12-6-5-7-13-19/h8-9,19-20H,5-7,10-18H2,1-4H3. The highest BCUT2D eigenvalue weighted by atomic mass is 16.5. The molecule has 1 heteroatoms. The van der Waals surface area contributed by atoms with E-state index in [1.165, 1.54) is 70.6 Å². The van der Waals surface area contributed by atoms with Gasteiger partial charge in [-0.15, -0.1) is 0 Å².